The van der Waals surface area contributed by atoms with Crippen molar-refractivity contribution in [2.75, 3.05) is 18.5 Å². The van der Waals surface area contributed by atoms with Crippen molar-refractivity contribution in [2.24, 2.45) is 5.92 Å². The maximum Gasteiger partial charge on any atom is 0.125 e. The van der Waals surface area contributed by atoms with Crippen molar-refractivity contribution in [1.82, 2.24) is 0 Å². The van der Waals surface area contributed by atoms with Crippen molar-refractivity contribution in [3.63, 3.8) is 0 Å². The van der Waals surface area contributed by atoms with E-state index in [4.69, 9.17) is 4.74 Å². The molecule has 2 unspecified atom stereocenters. The van der Waals surface area contributed by atoms with Crippen LogP contribution in [0.25, 0.3) is 0 Å². The van der Waals surface area contributed by atoms with E-state index in [1.807, 2.05) is 13.8 Å². The van der Waals surface area contributed by atoms with Gasteiger partial charge in [-0.3, -0.25) is 0 Å². The molecule has 0 aliphatic carbocycles. The number of rotatable bonds is 8. The van der Waals surface area contributed by atoms with E-state index in [0.29, 0.717) is 18.2 Å². The molecular weight excluding hydrogens is 257 g/mol. The molecule has 1 rings (SSSR count). The predicted octanol–water partition coefficient (Wildman–Crippen LogP) is 3.36. The highest BCUT2D eigenvalue weighted by molar-refractivity contribution is 5.50. The zero-order valence-electron chi connectivity index (χ0n) is 12.8. The summed E-state index contributed by atoms with van der Waals surface area (Å²) in [5.74, 6) is 0.296. The van der Waals surface area contributed by atoms with Crippen molar-refractivity contribution in [1.29, 1.82) is 0 Å². The smallest absolute Gasteiger partial charge is 0.125 e. The molecule has 0 aromatic heterocycles. The van der Waals surface area contributed by atoms with E-state index in [1.165, 1.54) is 12.1 Å². The van der Waals surface area contributed by atoms with Gasteiger partial charge in [-0.15, -0.1) is 0 Å². The summed E-state index contributed by atoms with van der Waals surface area (Å²) in [6.07, 6.45) is 0.510. The van der Waals surface area contributed by atoms with Crippen LogP contribution in [-0.4, -0.2) is 30.5 Å². The summed E-state index contributed by atoms with van der Waals surface area (Å²) in [5.41, 5.74) is 1.66. The summed E-state index contributed by atoms with van der Waals surface area (Å²) in [7, 11) is 0. The van der Waals surface area contributed by atoms with Gasteiger partial charge < -0.3 is 15.2 Å². The Kier molecular flexibility index (Phi) is 6.96. The van der Waals surface area contributed by atoms with Crippen LogP contribution in [0.5, 0.6) is 0 Å². The second-order valence-corrected chi connectivity index (χ2v) is 5.77. The van der Waals surface area contributed by atoms with Crippen LogP contribution < -0.4 is 5.32 Å². The first-order valence-electron chi connectivity index (χ1n) is 7.18. The van der Waals surface area contributed by atoms with Crippen LogP contribution in [0, 0.1) is 18.7 Å². The van der Waals surface area contributed by atoms with Gasteiger partial charge in [0.1, 0.15) is 5.82 Å². The van der Waals surface area contributed by atoms with E-state index >= 15 is 0 Å². The minimum atomic E-state index is -0.604. The van der Waals surface area contributed by atoms with Gasteiger partial charge in [-0.2, -0.15) is 0 Å². The lowest BCUT2D eigenvalue weighted by Crippen LogP contribution is -2.27. The molecular formula is C16H26FNO2. The Hall–Kier alpha value is -1.13. The summed E-state index contributed by atoms with van der Waals surface area (Å²) >= 11 is 0. The average molecular weight is 283 g/mol. The molecule has 3 nitrogen and oxygen atoms in total. The summed E-state index contributed by atoms with van der Waals surface area (Å²) < 4.78 is 18.7. The van der Waals surface area contributed by atoms with Gasteiger partial charge in [-0.25, -0.2) is 4.39 Å². The third kappa shape index (κ3) is 6.35. The second kappa shape index (κ2) is 8.22. The molecule has 0 aliphatic heterocycles. The maximum absolute atomic E-state index is 13.1. The highest BCUT2D eigenvalue weighted by Crippen LogP contribution is 2.16. The Bertz CT molecular complexity index is 409. The molecule has 114 valence electrons. The van der Waals surface area contributed by atoms with Crippen LogP contribution in [-0.2, 0) is 4.74 Å². The molecule has 0 amide bonds. The van der Waals surface area contributed by atoms with E-state index in [9.17, 15) is 9.50 Å². The molecule has 0 aliphatic rings. The quantitative estimate of drug-likeness (QED) is 0.768. The fraction of sp³-hybridized carbons (Fsp3) is 0.625. The number of hydrogen-bond acceptors (Lipinski definition) is 3. The molecule has 0 spiro atoms. The molecule has 1 aromatic carbocycles. The fourth-order valence-electron chi connectivity index (χ4n) is 2.08. The normalized spacial score (nSPS) is 14.3. The fourth-order valence-corrected chi connectivity index (χ4v) is 2.08. The lowest BCUT2D eigenvalue weighted by Gasteiger charge is -2.19. The number of nitrogens with one attached hydrogen (secondary N) is 1. The van der Waals surface area contributed by atoms with Crippen LogP contribution in [0.1, 0.15) is 32.8 Å². The van der Waals surface area contributed by atoms with Gasteiger partial charge in [0, 0.05) is 12.2 Å². The predicted molar refractivity (Wildman–Crippen MR) is 80.5 cm³/mol. The van der Waals surface area contributed by atoms with Crippen molar-refractivity contribution in [3.8, 4) is 0 Å². The van der Waals surface area contributed by atoms with Crippen molar-refractivity contribution >= 4 is 5.69 Å². The van der Waals surface area contributed by atoms with Gasteiger partial charge in [-0.1, -0.05) is 19.9 Å². The van der Waals surface area contributed by atoms with Crippen molar-refractivity contribution < 1.29 is 14.2 Å². The number of aryl methyl sites for hydroxylation is 1. The highest BCUT2D eigenvalue weighted by Gasteiger charge is 2.10. The molecule has 0 saturated heterocycles. The molecule has 2 N–H and O–H groups in total. The molecule has 20 heavy (non-hydrogen) atoms. The average Bonchev–Trinajstić information content (AvgIpc) is 2.36. The maximum atomic E-state index is 13.1. The zero-order chi connectivity index (χ0) is 15.1. The lowest BCUT2D eigenvalue weighted by atomic mass is 10.1. The zero-order valence-corrected chi connectivity index (χ0v) is 12.8. The van der Waals surface area contributed by atoms with Gasteiger partial charge in [0.2, 0.25) is 0 Å². The molecule has 0 fully saturated rings. The Morgan fingerprint density at radius 3 is 2.65 bits per heavy atom. The van der Waals surface area contributed by atoms with E-state index < -0.39 is 6.10 Å². The topological polar surface area (TPSA) is 41.5 Å². The molecule has 4 heteroatoms. The number of hydrogen-bond donors (Lipinski definition) is 2. The third-order valence-electron chi connectivity index (χ3n) is 3.10. The molecule has 0 bridgehead atoms. The first-order chi connectivity index (χ1) is 9.38. The Morgan fingerprint density at radius 2 is 2.00 bits per heavy atom. The number of anilines is 1. The summed E-state index contributed by atoms with van der Waals surface area (Å²) in [6.45, 7) is 8.83. The Labute approximate surface area is 121 Å². The number of aliphatic hydroxyl groups excluding tert-OH is 1. The lowest BCUT2D eigenvalue weighted by molar-refractivity contribution is -0.00444. The summed E-state index contributed by atoms with van der Waals surface area (Å²) in [6, 6.07) is 4.57. The van der Waals surface area contributed by atoms with E-state index in [1.54, 1.807) is 6.07 Å². The van der Waals surface area contributed by atoms with Crippen LogP contribution in [0.4, 0.5) is 10.1 Å². The number of halogens is 1. The van der Waals surface area contributed by atoms with Crippen molar-refractivity contribution in [2.45, 2.75) is 46.3 Å². The van der Waals surface area contributed by atoms with Crippen molar-refractivity contribution in [3.05, 3.63) is 29.6 Å². The van der Waals surface area contributed by atoms with Crippen LogP contribution in [0.15, 0.2) is 18.2 Å². The monoisotopic (exact) mass is 283 g/mol. The molecule has 0 heterocycles. The minimum Gasteiger partial charge on any atom is -0.389 e. The van der Waals surface area contributed by atoms with Gasteiger partial charge in [0.25, 0.3) is 0 Å². The number of ether oxygens (including phenoxy) is 1. The number of aliphatic hydroxyl groups is 1. The second-order valence-electron chi connectivity index (χ2n) is 5.77. The first-order valence-corrected chi connectivity index (χ1v) is 7.18. The molecule has 2 atom stereocenters. The molecule has 0 saturated carbocycles. The Morgan fingerprint density at radius 1 is 1.30 bits per heavy atom. The number of benzene rings is 1. The molecule has 0 radical (unpaired) electrons. The minimum absolute atomic E-state index is 0.139. The standard InChI is InChI=1S/C16H26FNO2/c1-11(2)7-13(4)20-10-15(19)9-18-16-8-14(17)6-5-12(16)3/h5-6,8,11,13,15,18-19H,7,9-10H2,1-4H3. The summed E-state index contributed by atoms with van der Waals surface area (Å²) in [5, 5.41) is 12.9. The van der Waals surface area contributed by atoms with Gasteiger partial charge in [-0.05, 0) is 43.9 Å². The van der Waals surface area contributed by atoms with E-state index in [0.717, 1.165) is 12.0 Å². The van der Waals surface area contributed by atoms with Crippen LogP contribution >= 0.6 is 0 Å². The largest absolute Gasteiger partial charge is 0.389 e. The van der Waals surface area contributed by atoms with Gasteiger partial charge in [0.05, 0.1) is 18.8 Å². The van der Waals surface area contributed by atoms with Crippen LogP contribution in [0.2, 0.25) is 0 Å². The van der Waals surface area contributed by atoms with E-state index in [2.05, 4.69) is 19.2 Å². The summed E-state index contributed by atoms with van der Waals surface area (Å²) in [4.78, 5) is 0. The van der Waals surface area contributed by atoms with Gasteiger partial charge in [0.15, 0.2) is 0 Å². The Balaban J connectivity index is 2.32. The third-order valence-corrected chi connectivity index (χ3v) is 3.10. The molecule has 1 aromatic rings. The SMILES string of the molecule is Cc1ccc(F)cc1NCC(O)COC(C)CC(C)C. The first kappa shape index (κ1) is 16.9. The van der Waals surface area contributed by atoms with Gasteiger partial charge >= 0.3 is 0 Å². The van der Waals surface area contributed by atoms with E-state index in [-0.39, 0.29) is 18.5 Å². The highest BCUT2D eigenvalue weighted by atomic mass is 19.1. The van der Waals surface area contributed by atoms with Crippen LogP contribution in [0.3, 0.4) is 0 Å².